The van der Waals surface area contributed by atoms with Gasteiger partial charge in [-0.1, -0.05) is 29.8 Å². The van der Waals surface area contributed by atoms with Crippen molar-refractivity contribution in [1.82, 2.24) is 10.9 Å². The number of carbonyl (C=O) groups excluding carboxylic acids is 2. The molecular formula is C17H15ClN2O2S2. The molecule has 0 fully saturated rings. The number of thioether (sulfide) groups is 2. The summed E-state index contributed by atoms with van der Waals surface area (Å²) < 4.78 is 0. The van der Waals surface area contributed by atoms with E-state index in [0.717, 1.165) is 9.79 Å². The molecule has 0 saturated heterocycles. The van der Waals surface area contributed by atoms with Gasteiger partial charge >= 0.3 is 0 Å². The van der Waals surface area contributed by atoms with E-state index in [-0.39, 0.29) is 22.8 Å². The van der Waals surface area contributed by atoms with E-state index in [1.54, 1.807) is 12.1 Å². The molecule has 0 radical (unpaired) electrons. The van der Waals surface area contributed by atoms with E-state index in [2.05, 4.69) is 10.9 Å². The SMILES string of the molecule is O=C(CSc1ccc(Cl)cc1)NNC(=O)C1Cc2ccccc2S1. The van der Waals surface area contributed by atoms with E-state index < -0.39 is 0 Å². The molecule has 0 saturated carbocycles. The maximum absolute atomic E-state index is 12.2. The number of hydrazine groups is 1. The molecule has 0 aliphatic carbocycles. The molecule has 2 aromatic rings. The van der Waals surface area contributed by atoms with Crippen LogP contribution < -0.4 is 10.9 Å². The van der Waals surface area contributed by atoms with Crippen molar-refractivity contribution in [1.29, 1.82) is 0 Å². The maximum Gasteiger partial charge on any atom is 0.252 e. The third-order valence-corrected chi connectivity index (χ3v) is 6.03. The molecule has 4 nitrogen and oxygen atoms in total. The summed E-state index contributed by atoms with van der Waals surface area (Å²) in [5, 5.41) is 0.456. The first-order chi connectivity index (χ1) is 11.6. The van der Waals surface area contributed by atoms with Crippen LogP contribution in [0.3, 0.4) is 0 Å². The molecule has 1 atom stereocenters. The Balaban J connectivity index is 1.42. The van der Waals surface area contributed by atoms with Crippen molar-refractivity contribution in [2.75, 3.05) is 5.75 Å². The Morgan fingerprint density at radius 1 is 1.12 bits per heavy atom. The van der Waals surface area contributed by atoms with Crippen molar-refractivity contribution >= 4 is 46.9 Å². The summed E-state index contributed by atoms with van der Waals surface area (Å²) in [6, 6.07) is 15.2. The van der Waals surface area contributed by atoms with E-state index in [1.165, 1.54) is 29.1 Å². The van der Waals surface area contributed by atoms with E-state index in [9.17, 15) is 9.59 Å². The summed E-state index contributed by atoms with van der Waals surface area (Å²) in [6.07, 6.45) is 0.683. The first-order valence-corrected chi connectivity index (χ1v) is 9.58. The number of fused-ring (bicyclic) bond motifs is 1. The van der Waals surface area contributed by atoms with Crippen LogP contribution in [0.5, 0.6) is 0 Å². The number of amides is 2. The van der Waals surface area contributed by atoms with Crippen molar-refractivity contribution in [3.05, 3.63) is 59.1 Å². The number of halogens is 1. The molecule has 124 valence electrons. The zero-order chi connectivity index (χ0) is 16.9. The Bertz CT molecular complexity index is 728. The van der Waals surface area contributed by atoms with Gasteiger partial charge in [0.15, 0.2) is 0 Å². The third-order valence-electron chi connectivity index (χ3n) is 3.45. The summed E-state index contributed by atoms with van der Waals surface area (Å²) in [5.41, 5.74) is 6.15. The van der Waals surface area contributed by atoms with Gasteiger partial charge in [-0.2, -0.15) is 0 Å². The van der Waals surface area contributed by atoms with Gasteiger partial charge in [0.2, 0.25) is 5.91 Å². The first kappa shape index (κ1) is 17.2. The third kappa shape index (κ3) is 4.47. The van der Waals surface area contributed by atoms with Gasteiger partial charge in [0.05, 0.1) is 11.0 Å². The molecule has 1 unspecified atom stereocenters. The molecule has 2 N–H and O–H groups in total. The highest BCUT2D eigenvalue weighted by Gasteiger charge is 2.28. The molecule has 0 aromatic heterocycles. The Morgan fingerprint density at radius 3 is 2.62 bits per heavy atom. The van der Waals surface area contributed by atoms with Crippen molar-refractivity contribution in [2.45, 2.75) is 21.5 Å². The number of nitrogens with one attached hydrogen (secondary N) is 2. The molecule has 3 rings (SSSR count). The molecule has 2 amide bonds. The minimum absolute atomic E-state index is 0.180. The van der Waals surface area contributed by atoms with Crippen molar-refractivity contribution in [3.63, 3.8) is 0 Å². The monoisotopic (exact) mass is 378 g/mol. The summed E-state index contributed by atoms with van der Waals surface area (Å²) in [4.78, 5) is 26.1. The Labute approximate surface area is 153 Å². The fourth-order valence-electron chi connectivity index (χ4n) is 2.26. The first-order valence-electron chi connectivity index (χ1n) is 7.33. The molecular weight excluding hydrogens is 364 g/mol. The summed E-state index contributed by atoms with van der Waals surface area (Å²) in [5.74, 6) is -0.204. The normalized spacial score (nSPS) is 15.6. The van der Waals surface area contributed by atoms with Gasteiger partial charge in [0.25, 0.3) is 5.91 Å². The lowest BCUT2D eigenvalue weighted by atomic mass is 10.1. The topological polar surface area (TPSA) is 58.2 Å². The van der Waals surface area contributed by atoms with Crippen LogP contribution >= 0.6 is 35.1 Å². The van der Waals surface area contributed by atoms with Gasteiger partial charge in [0, 0.05) is 14.8 Å². The lowest BCUT2D eigenvalue weighted by molar-refractivity contribution is -0.127. The lowest BCUT2D eigenvalue weighted by Crippen LogP contribution is -2.46. The quantitative estimate of drug-likeness (QED) is 0.633. The predicted octanol–water partition coefficient (Wildman–Crippen LogP) is 3.30. The summed E-state index contributed by atoms with van der Waals surface area (Å²) in [7, 11) is 0. The number of hydrogen-bond acceptors (Lipinski definition) is 4. The smallest absolute Gasteiger partial charge is 0.252 e. The molecule has 24 heavy (non-hydrogen) atoms. The molecule has 1 heterocycles. The zero-order valence-corrected chi connectivity index (χ0v) is 15.0. The Hall–Kier alpha value is -1.63. The van der Waals surface area contributed by atoms with Crippen LogP contribution in [0.15, 0.2) is 58.3 Å². The second-order valence-corrected chi connectivity index (χ2v) is 7.93. The minimum Gasteiger partial charge on any atom is -0.272 e. The number of carbonyl (C=O) groups is 2. The second kappa shape index (κ2) is 7.96. The van der Waals surface area contributed by atoms with Crippen molar-refractivity contribution < 1.29 is 9.59 Å². The highest BCUT2D eigenvalue weighted by atomic mass is 35.5. The number of hydrogen-bond donors (Lipinski definition) is 2. The van der Waals surface area contributed by atoms with Gasteiger partial charge in [-0.05, 0) is 42.3 Å². The van der Waals surface area contributed by atoms with Gasteiger partial charge in [-0.15, -0.1) is 23.5 Å². The van der Waals surface area contributed by atoms with Crippen LogP contribution in [0.25, 0.3) is 0 Å². The van der Waals surface area contributed by atoms with Crippen molar-refractivity contribution in [3.8, 4) is 0 Å². The van der Waals surface area contributed by atoms with E-state index in [1.807, 2.05) is 36.4 Å². The van der Waals surface area contributed by atoms with Crippen LogP contribution in [0.1, 0.15) is 5.56 Å². The molecule has 2 aromatic carbocycles. The van der Waals surface area contributed by atoms with E-state index in [4.69, 9.17) is 11.6 Å². The molecule has 7 heteroatoms. The van der Waals surface area contributed by atoms with Gasteiger partial charge < -0.3 is 0 Å². The van der Waals surface area contributed by atoms with Crippen molar-refractivity contribution in [2.24, 2.45) is 0 Å². The highest BCUT2D eigenvalue weighted by Crippen LogP contribution is 2.36. The Kier molecular flexibility index (Phi) is 5.71. The van der Waals surface area contributed by atoms with Crippen LogP contribution in [0.2, 0.25) is 5.02 Å². The van der Waals surface area contributed by atoms with Crippen LogP contribution in [-0.4, -0.2) is 22.8 Å². The van der Waals surface area contributed by atoms with Gasteiger partial charge in [0.1, 0.15) is 0 Å². The maximum atomic E-state index is 12.2. The molecule has 0 bridgehead atoms. The second-order valence-electron chi connectivity index (χ2n) is 5.20. The van der Waals surface area contributed by atoms with E-state index >= 15 is 0 Å². The standard InChI is InChI=1S/C17H15ClN2O2S2/c18-12-5-7-13(8-6-12)23-10-16(21)19-20-17(22)15-9-11-3-1-2-4-14(11)24-15/h1-8,15H,9-10H2,(H,19,21)(H,20,22). The number of rotatable bonds is 4. The molecule has 1 aliphatic heterocycles. The van der Waals surface area contributed by atoms with Gasteiger partial charge in [-0.25, -0.2) is 0 Å². The van der Waals surface area contributed by atoms with Crippen LogP contribution in [-0.2, 0) is 16.0 Å². The zero-order valence-electron chi connectivity index (χ0n) is 12.6. The fourth-order valence-corrected chi connectivity index (χ4v) is 4.28. The van der Waals surface area contributed by atoms with E-state index in [0.29, 0.717) is 11.4 Å². The Morgan fingerprint density at radius 2 is 1.88 bits per heavy atom. The summed E-state index contributed by atoms with van der Waals surface area (Å²) in [6.45, 7) is 0. The molecule has 0 spiro atoms. The average Bonchev–Trinajstić information content (AvgIpc) is 3.03. The summed E-state index contributed by atoms with van der Waals surface area (Å²) >= 11 is 8.73. The van der Waals surface area contributed by atoms with Gasteiger partial charge in [-0.3, -0.25) is 20.4 Å². The van der Waals surface area contributed by atoms with Crippen LogP contribution in [0.4, 0.5) is 0 Å². The lowest BCUT2D eigenvalue weighted by Gasteiger charge is -2.11. The van der Waals surface area contributed by atoms with Crippen LogP contribution in [0, 0.1) is 0 Å². The average molecular weight is 379 g/mol. The fraction of sp³-hybridized carbons (Fsp3) is 0.176. The minimum atomic E-state index is -0.246. The largest absolute Gasteiger partial charge is 0.272 e. The number of benzene rings is 2. The highest BCUT2D eigenvalue weighted by molar-refractivity contribution is 8.01. The predicted molar refractivity (Wildman–Crippen MR) is 98.3 cm³/mol. The molecule has 1 aliphatic rings.